The van der Waals surface area contributed by atoms with E-state index in [2.05, 4.69) is 39.8 Å². The molecule has 1 rings (SSSR count). The molecule has 72 valence electrons. The van der Waals surface area contributed by atoms with Gasteiger partial charge in [-0.05, 0) is 35.3 Å². The standard InChI is InChI=1S/C10H15BrN2/c1-4-7-13(3)9-5-6-12-8(2)10(9)11/h5-6H,4,7H2,1-3H3. The average Bonchev–Trinajstić information content (AvgIpc) is 2.10. The van der Waals surface area contributed by atoms with Gasteiger partial charge in [-0.2, -0.15) is 0 Å². The molecule has 0 unspecified atom stereocenters. The Morgan fingerprint density at radius 3 is 2.85 bits per heavy atom. The molecule has 0 saturated carbocycles. The first-order chi connectivity index (χ1) is 6.16. The molecule has 1 aromatic heterocycles. The molecule has 0 atom stereocenters. The van der Waals surface area contributed by atoms with E-state index < -0.39 is 0 Å². The van der Waals surface area contributed by atoms with Crippen molar-refractivity contribution in [2.45, 2.75) is 20.3 Å². The summed E-state index contributed by atoms with van der Waals surface area (Å²) in [5.41, 5.74) is 2.26. The van der Waals surface area contributed by atoms with Crippen molar-refractivity contribution in [3.05, 3.63) is 22.4 Å². The zero-order valence-corrected chi connectivity index (χ0v) is 9.93. The first kappa shape index (κ1) is 10.5. The summed E-state index contributed by atoms with van der Waals surface area (Å²) in [6.07, 6.45) is 3.01. The minimum Gasteiger partial charge on any atom is -0.374 e. The Kier molecular flexibility index (Phi) is 3.72. The summed E-state index contributed by atoms with van der Waals surface area (Å²) in [5.74, 6) is 0. The van der Waals surface area contributed by atoms with Crippen molar-refractivity contribution >= 4 is 21.6 Å². The second kappa shape index (κ2) is 4.61. The number of aryl methyl sites for hydroxylation is 1. The van der Waals surface area contributed by atoms with Crippen molar-refractivity contribution in [2.24, 2.45) is 0 Å². The van der Waals surface area contributed by atoms with E-state index in [9.17, 15) is 0 Å². The molecule has 0 saturated heterocycles. The molecule has 0 fully saturated rings. The number of hydrogen-bond donors (Lipinski definition) is 0. The highest BCUT2D eigenvalue weighted by molar-refractivity contribution is 9.10. The summed E-state index contributed by atoms with van der Waals surface area (Å²) in [5, 5.41) is 0. The minimum absolute atomic E-state index is 1.04. The largest absolute Gasteiger partial charge is 0.374 e. The lowest BCUT2D eigenvalue weighted by Crippen LogP contribution is -2.18. The molecule has 0 aliphatic heterocycles. The normalized spacial score (nSPS) is 10.2. The van der Waals surface area contributed by atoms with E-state index in [4.69, 9.17) is 0 Å². The van der Waals surface area contributed by atoms with Crippen molar-refractivity contribution in [3.8, 4) is 0 Å². The number of aromatic nitrogens is 1. The van der Waals surface area contributed by atoms with Gasteiger partial charge >= 0.3 is 0 Å². The van der Waals surface area contributed by atoms with Crippen LogP contribution in [-0.4, -0.2) is 18.6 Å². The molecule has 0 aliphatic rings. The Hall–Kier alpha value is -0.570. The Morgan fingerprint density at radius 2 is 2.23 bits per heavy atom. The van der Waals surface area contributed by atoms with Gasteiger partial charge in [0.25, 0.3) is 0 Å². The lowest BCUT2D eigenvalue weighted by atomic mass is 10.3. The van der Waals surface area contributed by atoms with E-state index >= 15 is 0 Å². The summed E-state index contributed by atoms with van der Waals surface area (Å²) in [6.45, 7) is 5.26. The smallest absolute Gasteiger partial charge is 0.0621 e. The number of anilines is 1. The van der Waals surface area contributed by atoms with E-state index in [0.717, 1.165) is 23.1 Å². The van der Waals surface area contributed by atoms with Crippen LogP contribution in [-0.2, 0) is 0 Å². The zero-order chi connectivity index (χ0) is 9.84. The van der Waals surface area contributed by atoms with Gasteiger partial charge in [-0.15, -0.1) is 0 Å². The molecule has 0 N–H and O–H groups in total. The van der Waals surface area contributed by atoms with Gasteiger partial charge < -0.3 is 4.90 Å². The van der Waals surface area contributed by atoms with Crippen molar-refractivity contribution in [1.29, 1.82) is 0 Å². The predicted molar refractivity (Wildman–Crippen MR) is 60.2 cm³/mol. The van der Waals surface area contributed by atoms with Crippen LogP contribution in [0.5, 0.6) is 0 Å². The van der Waals surface area contributed by atoms with E-state index in [1.54, 1.807) is 0 Å². The molecule has 2 nitrogen and oxygen atoms in total. The molecule has 13 heavy (non-hydrogen) atoms. The molecule has 1 aromatic rings. The molecule has 0 aromatic carbocycles. The molecule has 0 aliphatic carbocycles. The van der Waals surface area contributed by atoms with Crippen molar-refractivity contribution < 1.29 is 0 Å². The molecule has 0 radical (unpaired) electrons. The molecule has 0 bridgehead atoms. The molecular formula is C10H15BrN2. The lowest BCUT2D eigenvalue weighted by Gasteiger charge is -2.20. The summed E-state index contributed by atoms with van der Waals surface area (Å²) in [6, 6.07) is 2.03. The third kappa shape index (κ3) is 2.44. The van der Waals surface area contributed by atoms with E-state index in [-0.39, 0.29) is 0 Å². The fourth-order valence-corrected chi connectivity index (χ4v) is 1.82. The van der Waals surface area contributed by atoms with Crippen molar-refractivity contribution in [3.63, 3.8) is 0 Å². The fourth-order valence-electron chi connectivity index (χ4n) is 1.29. The highest BCUT2D eigenvalue weighted by atomic mass is 79.9. The molecular weight excluding hydrogens is 228 g/mol. The van der Waals surface area contributed by atoms with Gasteiger partial charge in [-0.3, -0.25) is 4.98 Å². The number of pyridine rings is 1. The van der Waals surface area contributed by atoms with Gasteiger partial charge in [0.05, 0.1) is 15.9 Å². The maximum atomic E-state index is 4.21. The Morgan fingerprint density at radius 1 is 1.54 bits per heavy atom. The molecule has 0 amide bonds. The average molecular weight is 243 g/mol. The van der Waals surface area contributed by atoms with Gasteiger partial charge in [0.2, 0.25) is 0 Å². The number of halogens is 1. The first-order valence-corrected chi connectivity index (χ1v) is 5.28. The van der Waals surface area contributed by atoms with Crippen molar-refractivity contribution in [1.82, 2.24) is 4.98 Å². The zero-order valence-electron chi connectivity index (χ0n) is 8.34. The number of rotatable bonds is 3. The van der Waals surface area contributed by atoms with Crippen molar-refractivity contribution in [2.75, 3.05) is 18.5 Å². The molecule has 3 heteroatoms. The van der Waals surface area contributed by atoms with Gasteiger partial charge in [-0.1, -0.05) is 6.92 Å². The van der Waals surface area contributed by atoms with Crippen LogP contribution < -0.4 is 4.90 Å². The van der Waals surface area contributed by atoms with E-state index in [0.29, 0.717) is 0 Å². The van der Waals surface area contributed by atoms with E-state index in [1.807, 2.05) is 19.2 Å². The summed E-state index contributed by atoms with van der Waals surface area (Å²) in [4.78, 5) is 6.44. The molecule has 0 spiro atoms. The van der Waals surface area contributed by atoms with Crippen LogP contribution in [0.15, 0.2) is 16.7 Å². The second-order valence-corrected chi connectivity index (χ2v) is 3.94. The Bertz CT molecular complexity index is 286. The predicted octanol–water partition coefficient (Wildman–Crippen LogP) is 3.00. The number of nitrogens with zero attached hydrogens (tertiary/aromatic N) is 2. The first-order valence-electron chi connectivity index (χ1n) is 4.49. The summed E-state index contributed by atoms with van der Waals surface area (Å²) in [7, 11) is 2.10. The van der Waals surface area contributed by atoms with Crippen LogP contribution in [0, 0.1) is 6.92 Å². The van der Waals surface area contributed by atoms with Gasteiger partial charge in [0.1, 0.15) is 0 Å². The quantitative estimate of drug-likeness (QED) is 0.811. The van der Waals surface area contributed by atoms with Crippen LogP contribution in [0.25, 0.3) is 0 Å². The van der Waals surface area contributed by atoms with Crippen LogP contribution in [0.3, 0.4) is 0 Å². The second-order valence-electron chi connectivity index (χ2n) is 3.15. The fraction of sp³-hybridized carbons (Fsp3) is 0.500. The van der Waals surface area contributed by atoms with Gasteiger partial charge in [0, 0.05) is 19.8 Å². The topological polar surface area (TPSA) is 16.1 Å². The third-order valence-corrected chi connectivity index (χ3v) is 2.99. The Labute approximate surface area is 88.1 Å². The van der Waals surface area contributed by atoms with Gasteiger partial charge in [-0.25, -0.2) is 0 Å². The maximum Gasteiger partial charge on any atom is 0.0621 e. The van der Waals surface area contributed by atoms with Crippen LogP contribution >= 0.6 is 15.9 Å². The monoisotopic (exact) mass is 242 g/mol. The maximum absolute atomic E-state index is 4.21. The SMILES string of the molecule is CCCN(C)c1ccnc(C)c1Br. The number of hydrogen-bond acceptors (Lipinski definition) is 2. The Balaban J connectivity index is 2.93. The third-order valence-electron chi connectivity index (χ3n) is 2.01. The summed E-state index contributed by atoms with van der Waals surface area (Å²) >= 11 is 3.55. The van der Waals surface area contributed by atoms with Crippen LogP contribution in [0.4, 0.5) is 5.69 Å². The minimum atomic E-state index is 1.04. The lowest BCUT2D eigenvalue weighted by molar-refractivity contribution is 0.847. The van der Waals surface area contributed by atoms with Crippen LogP contribution in [0.2, 0.25) is 0 Å². The van der Waals surface area contributed by atoms with Gasteiger partial charge in [0.15, 0.2) is 0 Å². The highest BCUT2D eigenvalue weighted by Crippen LogP contribution is 2.26. The van der Waals surface area contributed by atoms with Crippen LogP contribution in [0.1, 0.15) is 19.0 Å². The van der Waals surface area contributed by atoms with E-state index in [1.165, 1.54) is 5.69 Å². The molecule has 1 heterocycles. The highest BCUT2D eigenvalue weighted by Gasteiger charge is 2.06. The summed E-state index contributed by atoms with van der Waals surface area (Å²) < 4.78 is 1.10.